The minimum atomic E-state index is -0.785. The minimum Gasteiger partial charge on any atom is -0.480 e. The Morgan fingerprint density at radius 2 is 2.00 bits per heavy atom. The first-order valence-corrected chi connectivity index (χ1v) is 4.46. The third-order valence-electron chi connectivity index (χ3n) is 2.94. The highest BCUT2D eigenvalue weighted by Crippen LogP contribution is 2.38. The number of rotatable bonds is 1. The first kappa shape index (κ1) is 10.0. The number of aliphatic carboxylic acids is 1. The lowest BCUT2D eigenvalue weighted by molar-refractivity contribution is -0.143. The first-order chi connectivity index (χ1) is 5.88. The summed E-state index contributed by atoms with van der Waals surface area (Å²) in [7, 11) is 0. The van der Waals surface area contributed by atoms with Crippen LogP contribution in [0.4, 0.5) is 0 Å². The average molecular weight is 180 g/mol. The van der Waals surface area contributed by atoms with Gasteiger partial charge in [-0.3, -0.25) is 4.79 Å². The number of carboxylic acids is 1. The van der Waals surface area contributed by atoms with Crippen molar-refractivity contribution in [1.82, 2.24) is 0 Å². The maximum absolute atomic E-state index is 11.1. The van der Waals surface area contributed by atoms with E-state index in [0.717, 1.165) is 17.6 Å². The second-order valence-electron chi connectivity index (χ2n) is 4.08. The van der Waals surface area contributed by atoms with Crippen LogP contribution in [0.25, 0.3) is 0 Å². The molecule has 0 radical (unpaired) electrons. The molecule has 0 saturated carbocycles. The van der Waals surface area contributed by atoms with E-state index in [1.165, 1.54) is 5.57 Å². The third kappa shape index (κ3) is 1.53. The van der Waals surface area contributed by atoms with Crippen LogP contribution in [0.3, 0.4) is 0 Å². The molecular formula is C11H16O2. The molecule has 1 aliphatic rings. The number of hydrogen-bond acceptors (Lipinski definition) is 1. The molecule has 1 atom stereocenters. The van der Waals surface area contributed by atoms with Crippen molar-refractivity contribution in [3.05, 3.63) is 22.8 Å². The van der Waals surface area contributed by atoms with Gasteiger partial charge in [0.15, 0.2) is 0 Å². The zero-order valence-corrected chi connectivity index (χ0v) is 8.64. The maximum atomic E-state index is 11.1. The zero-order chi connectivity index (χ0) is 10.2. The smallest absolute Gasteiger partial charge is 0.317 e. The summed E-state index contributed by atoms with van der Waals surface area (Å²) in [5, 5.41) is 9.12. The van der Waals surface area contributed by atoms with Gasteiger partial charge in [0.2, 0.25) is 0 Å². The van der Waals surface area contributed by atoms with Crippen LogP contribution in [0.5, 0.6) is 0 Å². The van der Waals surface area contributed by atoms with Crippen LogP contribution in [-0.2, 0) is 4.79 Å². The molecule has 1 aliphatic carbocycles. The van der Waals surface area contributed by atoms with Gasteiger partial charge in [-0.05, 0) is 34.1 Å². The van der Waals surface area contributed by atoms with Gasteiger partial charge in [-0.25, -0.2) is 0 Å². The zero-order valence-electron chi connectivity index (χ0n) is 8.64. The van der Waals surface area contributed by atoms with E-state index in [2.05, 4.69) is 0 Å². The van der Waals surface area contributed by atoms with Crippen LogP contribution in [0.15, 0.2) is 22.8 Å². The predicted molar refractivity (Wildman–Crippen MR) is 52.5 cm³/mol. The molecule has 0 fully saturated rings. The average Bonchev–Trinajstić information content (AvgIpc) is 1.99. The van der Waals surface area contributed by atoms with E-state index in [1.807, 2.05) is 26.8 Å². The van der Waals surface area contributed by atoms with Crippen LogP contribution < -0.4 is 0 Å². The van der Waals surface area contributed by atoms with Gasteiger partial charge in [0.05, 0.1) is 0 Å². The standard InChI is InChI=1S/C11H16O2/c1-7-5-8(2)9(3)11(4,6-7)10(12)13/h6H,5H2,1-4H3,(H,12,13). The Morgan fingerprint density at radius 3 is 2.46 bits per heavy atom. The Hall–Kier alpha value is -1.05. The summed E-state index contributed by atoms with van der Waals surface area (Å²) in [4.78, 5) is 11.1. The van der Waals surface area contributed by atoms with Crippen LogP contribution >= 0.6 is 0 Å². The monoisotopic (exact) mass is 180 g/mol. The predicted octanol–water partition coefficient (Wildman–Crippen LogP) is 2.76. The van der Waals surface area contributed by atoms with E-state index in [0.29, 0.717) is 0 Å². The number of allylic oxidation sites excluding steroid dienone is 2. The van der Waals surface area contributed by atoms with Crippen LogP contribution in [-0.4, -0.2) is 11.1 Å². The summed E-state index contributed by atoms with van der Waals surface area (Å²) < 4.78 is 0. The van der Waals surface area contributed by atoms with E-state index in [1.54, 1.807) is 6.92 Å². The normalized spacial score (nSPS) is 28.8. The Balaban J connectivity index is 3.22. The molecule has 0 amide bonds. The highest BCUT2D eigenvalue weighted by molar-refractivity contribution is 5.81. The second-order valence-corrected chi connectivity index (χ2v) is 4.08. The fourth-order valence-electron chi connectivity index (χ4n) is 1.87. The third-order valence-corrected chi connectivity index (χ3v) is 2.94. The number of carbonyl (C=O) groups is 1. The van der Waals surface area contributed by atoms with Crippen molar-refractivity contribution >= 4 is 5.97 Å². The lowest BCUT2D eigenvalue weighted by Gasteiger charge is -2.29. The van der Waals surface area contributed by atoms with Crippen molar-refractivity contribution < 1.29 is 9.90 Å². The van der Waals surface area contributed by atoms with Crippen molar-refractivity contribution in [2.45, 2.75) is 34.1 Å². The molecule has 1 N–H and O–H groups in total. The molecule has 0 aromatic heterocycles. The Kier molecular flexibility index (Phi) is 2.33. The topological polar surface area (TPSA) is 37.3 Å². The molecule has 0 bridgehead atoms. The molecular weight excluding hydrogens is 164 g/mol. The lowest BCUT2D eigenvalue weighted by Crippen LogP contribution is -2.29. The van der Waals surface area contributed by atoms with E-state index in [9.17, 15) is 4.79 Å². The maximum Gasteiger partial charge on any atom is 0.317 e. The Morgan fingerprint density at radius 1 is 1.46 bits per heavy atom. The van der Waals surface area contributed by atoms with E-state index < -0.39 is 11.4 Å². The molecule has 0 saturated heterocycles. The van der Waals surface area contributed by atoms with Gasteiger partial charge >= 0.3 is 5.97 Å². The molecule has 0 aliphatic heterocycles. The summed E-state index contributed by atoms with van der Waals surface area (Å²) in [6.45, 7) is 7.66. The van der Waals surface area contributed by atoms with Gasteiger partial charge < -0.3 is 5.11 Å². The number of hydrogen-bond donors (Lipinski definition) is 1. The van der Waals surface area contributed by atoms with Crippen LogP contribution in [0.2, 0.25) is 0 Å². The fraction of sp³-hybridized carbons (Fsp3) is 0.545. The largest absolute Gasteiger partial charge is 0.480 e. The molecule has 72 valence electrons. The van der Waals surface area contributed by atoms with Gasteiger partial charge in [-0.1, -0.05) is 22.8 Å². The van der Waals surface area contributed by atoms with E-state index >= 15 is 0 Å². The highest BCUT2D eigenvalue weighted by atomic mass is 16.4. The van der Waals surface area contributed by atoms with Gasteiger partial charge in [-0.15, -0.1) is 0 Å². The van der Waals surface area contributed by atoms with Gasteiger partial charge in [0.1, 0.15) is 5.41 Å². The van der Waals surface area contributed by atoms with Crippen molar-refractivity contribution in [3.8, 4) is 0 Å². The SMILES string of the molecule is CC1=CC(C)(C(=O)O)C(C)=C(C)C1. The molecule has 1 rings (SSSR count). The summed E-state index contributed by atoms with van der Waals surface area (Å²) in [6, 6.07) is 0. The number of carboxylic acid groups (broad SMARTS) is 1. The van der Waals surface area contributed by atoms with Crippen LogP contribution in [0.1, 0.15) is 34.1 Å². The first-order valence-electron chi connectivity index (χ1n) is 4.46. The Bertz CT molecular complexity index is 310. The quantitative estimate of drug-likeness (QED) is 0.630. The van der Waals surface area contributed by atoms with Crippen LogP contribution in [0, 0.1) is 5.41 Å². The Labute approximate surface area is 79.0 Å². The molecule has 1 unspecified atom stereocenters. The second kappa shape index (κ2) is 3.02. The summed E-state index contributed by atoms with van der Waals surface area (Å²) >= 11 is 0. The van der Waals surface area contributed by atoms with E-state index in [-0.39, 0.29) is 0 Å². The van der Waals surface area contributed by atoms with Crippen molar-refractivity contribution in [2.24, 2.45) is 5.41 Å². The molecule has 0 aromatic carbocycles. The molecule has 0 aromatic rings. The van der Waals surface area contributed by atoms with Gasteiger partial charge in [0, 0.05) is 0 Å². The van der Waals surface area contributed by atoms with E-state index in [4.69, 9.17) is 5.11 Å². The lowest BCUT2D eigenvalue weighted by atomic mass is 9.74. The van der Waals surface area contributed by atoms with Crippen molar-refractivity contribution in [2.75, 3.05) is 0 Å². The van der Waals surface area contributed by atoms with Crippen molar-refractivity contribution in [3.63, 3.8) is 0 Å². The van der Waals surface area contributed by atoms with Crippen molar-refractivity contribution in [1.29, 1.82) is 0 Å². The molecule has 2 heteroatoms. The molecule has 0 spiro atoms. The van der Waals surface area contributed by atoms with Gasteiger partial charge in [0.25, 0.3) is 0 Å². The van der Waals surface area contributed by atoms with Gasteiger partial charge in [-0.2, -0.15) is 0 Å². The highest BCUT2D eigenvalue weighted by Gasteiger charge is 2.35. The fourth-order valence-corrected chi connectivity index (χ4v) is 1.87. The summed E-state index contributed by atoms with van der Waals surface area (Å²) in [6.07, 6.45) is 2.77. The summed E-state index contributed by atoms with van der Waals surface area (Å²) in [5.74, 6) is -0.761. The molecule has 0 heterocycles. The molecule has 2 nitrogen and oxygen atoms in total. The summed E-state index contributed by atoms with van der Waals surface area (Å²) in [5.41, 5.74) is 2.52. The molecule has 13 heavy (non-hydrogen) atoms. The minimum absolute atomic E-state index is 0.761.